The van der Waals surface area contributed by atoms with Gasteiger partial charge in [-0.25, -0.2) is 14.8 Å². The van der Waals surface area contributed by atoms with Crippen LogP contribution in [0.15, 0.2) is 104 Å². The van der Waals surface area contributed by atoms with Crippen LogP contribution in [0.4, 0.5) is 17.3 Å². The Kier molecular flexibility index (Phi) is 9.37. The van der Waals surface area contributed by atoms with E-state index in [9.17, 15) is 9.59 Å². The highest BCUT2D eigenvalue weighted by Crippen LogP contribution is 2.25. The van der Waals surface area contributed by atoms with Crippen LogP contribution in [0.25, 0.3) is 11.3 Å². The van der Waals surface area contributed by atoms with Crippen molar-refractivity contribution in [3.8, 4) is 11.3 Å². The zero-order valence-electron chi connectivity index (χ0n) is 25.6. The van der Waals surface area contributed by atoms with Crippen molar-refractivity contribution in [2.45, 2.75) is 20.0 Å². The Hall–Kier alpha value is -5.45. The number of carboxylic acids is 1. The van der Waals surface area contributed by atoms with E-state index in [-0.39, 0.29) is 5.91 Å². The zero-order chi connectivity index (χ0) is 31.9. The molecule has 5 aromatic rings. The van der Waals surface area contributed by atoms with Crippen LogP contribution in [0.1, 0.15) is 37.4 Å². The monoisotopic (exact) mass is 613 g/mol. The molecule has 0 aliphatic carbocycles. The van der Waals surface area contributed by atoms with Crippen molar-refractivity contribution in [2.24, 2.45) is 0 Å². The predicted molar refractivity (Wildman–Crippen MR) is 178 cm³/mol. The van der Waals surface area contributed by atoms with Crippen LogP contribution in [0.2, 0.25) is 0 Å². The van der Waals surface area contributed by atoms with Gasteiger partial charge < -0.3 is 15.7 Å². The Labute approximate surface area is 267 Å². The van der Waals surface area contributed by atoms with Crippen LogP contribution in [0.5, 0.6) is 0 Å². The van der Waals surface area contributed by atoms with Crippen LogP contribution < -0.4 is 10.6 Å². The number of hydrogen-bond acceptors (Lipinski definition) is 8. The van der Waals surface area contributed by atoms with Crippen LogP contribution >= 0.6 is 0 Å². The first-order valence-electron chi connectivity index (χ1n) is 15.2. The molecule has 2 aromatic heterocycles. The van der Waals surface area contributed by atoms with E-state index >= 15 is 0 Å². The summed E-state index contributed by atoms with van der Waals surface area (Å²) in [4.78, 5) is 42.1. The maximum absolute atomic E-state index is 13.1. The molecule has 0 unspecified atom stereocenters. The highest BCUT2D eigenvalue weighted by molar-refractivity contribution is 6.04. The molecule has 3 N–H and O–H groups in total. The molecule has 1 amide bonds. The third-order valence-corrected chi connectivity index (χ3v) is 8.05. The summed E-state index contributed by atoms with van der Waals surface area (Å²) in [7, 11) is 0. The molecule has 0 spiro atoms. The molecule has 0 bridgehead atoms. The third kappa shape index (κ3) is 7.79. The number of aromatic nitrogens is 3. The Morgan fingerprint density at radius 1 is 0.804 bits per heavy atom. The summed E-state index contributed by atoms with van der Waals surface area (Å²) in [6.45, 7) is 7.38. The van der Waals surface area contributed by atoms with Gasteiger partial charge in [-0.05, 0) is 78.2 Å². The maximum Gasteiger partial charge on any atom is 0.335 e. The van der Waals surface area contributed by atoms with Crippen molar-refractivity contribution in [3.05, 3.63) is 131 Å². The number of aromatic carboxylic acids is 1. The van der Waals surface area contributed by atoms with Gasteiger partial charge in [-0.2, -0.15) is 0 Å². The van der Waals surface area contributed by atoms with Crippen molar-refractivity contribution >= 4 is 29.2 Å². The molecule has 1 fully saturated rings. The molecular weight excluding hydrogens is 578 g/mol. The minimum absolute atomic E-state index is 0.179. The van der Waals surface area contributed by atoms with E-state index in [1.165, 1.54) is 0 Å². The SMILES string of the molecule is Cc1ccc(NC(=O)c2ccc(CN3CCN(Cc4ccc(C(=O)O)cc4)CC3)cc2)cc1Nc1nccc(-c2cccnc2)n1. The molecule has 0 radical (unpaired) electrons. The first-order chi connectivity index (χ1) is 22.4. The summed E-state index contributed by atoms with van der Waals surface area (Å²) < 4.78 is 0. The van der Waals surface area contributed by atoms with Gasteiger partial charge in [-0.1, -0.05) is 30.3 Å². The maximum atomic E-state index is 13.1. The fourth-order valence-corrected chi connectivity index (χ4v) is 5.39. The number of pyridine rings is 1. The number of carboxylic acid groups (broad SMARTS) is 1. The van der Waals surface area contributed by atoms with Crippen molar-refractivity contribution in [1.29, 1.82) is 0 Å². The Morgan fingerprint density at radius 3 is 2.07 bits per heavy atom. The minimum Gasteiger partial charge on any atom is -0.478 e. The van der Waals surface area contributed by atoms with Gasteiger partial charge in [-0.15, -0.1) is 0 Å². The van der Waals surface area contributed by atoms with Gasteiger partial charge in [-0.3, -0.25) is 19.6 Å². The average Bonchev–Trinajstić information content (AvgIpc) is 3.08. The van der Waals surface area contributed by atoms with E-state index in [2.05, 4.69) is 35.4 Å². The normalized spacial score (nSPS) is 13.7. The summed E-state index contributed by atoms with van der Waals surface area (Å²) in [5.41, 5.74) is 7.30. The Bertz CT molecular complexity index is 1800. The van der Waals surface area contributed by atoms with Gasteiger partial charge in [0.05, 0.1) is 11.3 Å². The molecular formula is C36H35N7O3. The lowest BCUT2D eigenvalue weighted by atomic mass is 10.1. The lowest BCUT2D eigenvalue weighted by Crippen LogP contribution is -2.45. The first-order valence-corrected chi connectivity index (χ1v) is 15.2. The molecule has 0 atom stereocenters. The van der Waals surface area contributed by atoms with Gasteiger partial charge >= 0.3 is 5.97 Å². The van der Waals surface area contributed by atoms with E-state index in [0.717, 1.165) is 72.9 Å². The number of carbonyl (C=O) groups is 2. The quantitative estimate of drug-likeness (QED) is 0.178. The zero-order valence-corrected chi connectivity index (χ0v) is 25.6. The number of rotatable bonds is 10. The predicted octanol–water partition coefficient (Wildman–Crippen LogP) is 5.86. The second kappa shape index (κ2) is 14.1. The van der Waals surface area contributed by atoms with Crippen LogP contribution in [-0.4, -0.2) is 67.9 Å². The summed E-state index contributed by atoms with van der Waals surface area (Å²) in [6.07, 6.45) is 5.19. The van der Waals surface area contributed by atoms with Crippen molar-refractivity contribution in [2.75, 3.05) is 36.8 Å². The van der Waals surface area contributed by atoms with Crippen molar-refractivity contribution in [1.82, 2.24) is 24.8 Å². The Morgan fingerprint density at radius 2 is 1.46 bits per heavy atom. The van der Waals surface area contributed by atoms with E-state index in [4.69, 9.17) is 5.11 Å². The van der Waals surface area contributed by atoms with E-state index in [1.807, 2.05) is 79.7 Å². The van der Waals surface area contributed by atoms with E-state index in [0.29, 0.717) is 22.8 Å². The summed E-state index contributed by atoms with van der Waals surface area (Å²) in [5.74, 6) is -0.628. The molecule has 0 saturated carbocycles. The fraction of sp³-hybridized carbons (Fsp3) is 0.194. The number of benzene rings is 3. The second-order valence-corrected chi connectivity index (χ2v) is 11.4. The lowest BCUT2D eigenvalue weighted by Gasteiger charge is -2.34. The fourth-order valence-electron chi connectivity index (χ4n) is 5.39. The van der Waals surface area contributed by atoms with Gasteiger partial charge in [0.15, 0.2) is 0 Å². The number of aryl methyl sites for hydroxylation is 1. The summed E-state index contributed by atoms with van der Waals surface area (Å²) >= 11 is 0. The number of anilines is 3. The van der Waals surface area contributed by atoms with Gasteiger partial charge in [0.2, 0.25) is 5.95 Å². The number of amides is 1. The molecule has 1 saturated heterocycles. The van der Waals surface area contributed by atoms with Gasteiger partial charge in [0.25, 0.3) is 5.91 Å². The first kappa shape index (κ1) is 30.6. The molecule has 10 nitrogen and oxygen atoms in total. The largest absolute Gasteiger partial charge is 0.478 e. The molecule has 232 valence electrons. The van der Waals surface area contributed by atoms with E-state index in [1.54, 1.807) is 30.7 Å². The number of nitrogens with zero attached hydrogens (tertiary/aromatic N) is 5. The number of hydrogen-bond donors (Lipinski definition) is 3. The lowest BCUT2D eigenvalue weighted by molar-refractivity contribution is 0.0696. The smallest absolute Gasteiger partial charge is 0.335 e. The standard InChI is InChI=1S/C36H35N7O3/c1-25-4-13-31(21-33(25)41-36-38-16-14-32(40-36)30-3-2-15-37-22-30)39-34(44)28-9-5-26(6-10-28)23-42-17-19-43(20-18-42)24-27-7-11-29(12-8-27)35(45)46/h2-16,21-22H,17-20,23-24H2,1H3,(H,39,44)(H,45,46)(H,38,40,41). The van der Waals surface area contributed by atoms with Crippen molar-refractivity contribution in [3.63, 3.8) is 0 Å². The second-order valence-electron chi connectivity index (χ2n) is 11.4. The van der Waals surface area contributed by atoms with Crippen molar-refractivity contribution < 1.29 is 14.7 Å². The third-order valence-electron chi connectivity index (χ3n) is 8.05. The molecule has 6 rings (SSSR count). The molecule has 10 heteroatoms. The van der Waals surface area contributed by atoms with E-state index < -0.39 is 5.97 Å². The molecule has 1 aliphatic rings. The number of carbonyl (C=O) groups excluding carboxylic acids is 1. The topological polar surface area (TPSA) is 124 Å². The van der Waals surface area contributed by atoms with Gasteiger partial charge in [0, 0.05) is 80.4 Å². The molecule has 3 aromatic carbocycles. The van der Waals surface area contributed by atoms with Gasteiger partial charge in [0.1, 0.15) is 0 Å². The molecule has 3 heterocycles. The number of piperazine rings is 1. The summed E-state index contributed by atoms with van der Waals surface area (Å²) in [6, 6.07) is 26.2. The number of nitrogens with one attached hydrogen (secondary N) is 2. The Balaban J connectivity index is 1.01. The summed E-state index contributed by atoms with van der Waals surface area (Å²) in [5, 5.41) is 15.4. The minimum atomic E-state index is -0.904. The highest BCUT2D eigenvalue weighted by Gasteiger charge is 2.18. The molecule has 1 aliphatic heterocycles. The van der Waals surface area contributed by atoms with Crippen LogP contribution in [0, 0.1) is 6.92 Å². The highest BCUT2D eigenvalue weighted by atomic mass is 16.4. The van der Waals surface area contributed by atoms with Crippen LogP contribution in [0.3, 0.4) is 0 Å². The average molecular weight is 614 g/mol. The molecule has 46 heavy (non-hydrogen) atoms. The van der Waals surface area contributed by atoms with Crippen LogP contribution in [-0.2, 0) is 13.1 Å².